The molecule has 2 aromatic rings. The van der Waals surface area contributed by atoms with Crippen LogP contribution in [0.2, 0.25) is 0 Å². The predicted molar refractivity (Wildman–Crippen MR) is 87.0 cm³/mol. The minimum Gasteiger partial charge on any atom is -0.481 e. The van der Waals surface area contributed by atoms with E-state index in [1.807, 2.05) is 0 Å². The Labute approximate surface area is 142 Å². The van der Waals surface area contributed by atoms with E-state index in [1.165, 1.54) is 6.20 Å². The molecule has 0 atom stereocenters. The summed E-state index contributed by atoms with van der Waals surface area (Å²) < 4.78 is 0. The number of aromatic nitrogens is 2. The Morgan fingerprint density at radius 2 is 1.84 bits per heavy atom. The Balaban J connectivity index is 1.81. The molecule has 8 heteroatoms. The molecule has 0 aromatic carbocycles. The Morgan fingerprint density at radius 3 is 2.48 bits per heavy atom. The Kier molecular flexibility index (Phi) is 4.35. The molecule has 2 aromatic heterocycles. The number of carboxylic acid groups (broad SMARTS) is 2. The van der Waals surface area contributed by atoms with Crippen LogP contribution in [0.3, 0.4) is 0 Å². The van der Waals surface area contributed by atoms with Gasteiger partial charge in [-0.05, 0) is 43.9 Å². The van der Waals surface area contributed by atoms with Gasteiger partial charge in [0.25, 0.3) is 5.91 Å². The molecule has 3 rings (SSSR count). The highest BCUT2D eigenvalue weighted by molar-refractivity contribution is 5.99. The summed E-state index contributed by atoms with van der Waals surface area (Å²) in [5.41, 5.74) is -0.0717. The maximum absolute atomic E-state index is 12.5. The Morgan fingerprint density at radius 1 is 1.12 bits per heavy atom. The topological polar surface area (TPSA) is 129 Å². The van der Waals surface area contributed by atoms with E-state index < -0.39 is 29.3 Å². The quantitative estimate of drug-likeness (QED) is 0.766. The van der Waals surface area contributed by atoms with Gasteiger partial charge in [-0.1, -0.05) is 0 Å². The molecule has 0 spiro atoms. The first-order valence-electron chi connectivity index (χ1n) is 7.91. The van der Waals surface area contributed by atoms with Gasteiger partial charge in [0.15, 0.2) is 0 Å². The van der Waals surface area contributed by atoms with Crippen molar-refractivity contribution in [2.75, 3.05) is 0 Å². The fraction of sp³-hybridized carbons (Fsp3) is 0.353. The Hall–Kier alpha value is -3.03. The predicted octanol–water partition coefficient (Wildman–Crippen LogP) is 1.46. The molecule has 25 heavy (non-hydrogen) atoms. The Bertz CT molecular complexity index is 843. The third kappa shape index (κ3) is 3.28. The molecule has 1 aliphatic carbocycles. The number of fused-ring (bicyclic) bond motifs is 1. The minimum absolute atomic E-state index is 0.0737. The van der Waals surface area contributed by atoms with E-state index in [-0.39, 0.29) is 31.2 Å². The normalized spacial score (nSPS) is 23.1. The van der Waals surface area contributed by atoms with Gasteiger partial charge >= 0.3 is 11.9 Å². The van der Waals surface area contributed by atoms with Crippen LogP contribution in [-0.2, 0) is 9.59 Å². The van der Waals surface area contributed by atoms with Gasteiger partial charge in [-0.3, -0.25) is 19.6 Å². The lowest BCUT2D eigenvalue weighted by Gasteiger charge is -2.36. The fourth-order valence-corrected chi connectivity index (χ4v) is 3.12. The van der Waals surface area contributed by atoms with Gasteiger partial charge in [-0.2, -0.15) is 0 Å². The molecule has 2 heterocycles. The summed E-state index contributed by atoms with van der Waals surface area (Å²) in [7, 11) is 0. The summed E-state index contributed by atoms with van der Waals surface area (Å²) in [5.74, 6) is -3.22. The highest BCUT2D eigenvalue weighted by atomic mass is 16.4. The van der Waals surface area contributed by atoms with Gasteiger partial charge in [0.05, 0.1) is 22.5 Å². The number of hydrogen-bond donors (Lipinski definition) is 3. The first-order chi connectivity index (χ1) is 11.9. The molecule has 1 fully saturated rings. The zero-order chi connectivity index (χ0) is 18.0. The first-order valence-corrected chi connectivity index (χ1v) is 7.91. The van der Waals surface area contributed by atoms with Gasteiger partial charge in [0.2, 0.25) is 0 Å². The summed E-state index contributed by atoms with van der Waals surface area (Å²) >= 11 is 0. The third-order valence-electron chi connectivity index (χ3n) is 4.66. The largest absolute Gasteiger partial charge is 0.481 e. The minimum atomic E-state index is -1.46. The molecule has 0 unspecified atom stereocenters. The van der Waals surface area contributed by atoms with E-state index in [2.05, 4.69) is 15.3 Å². The molecule has 0 saturated heterocycles. The molecular weight excluding hydrogens is 326 g/mol. The van der Waals surface area contributed by atoms with Crippen LogP contribution >= 0.6 is 0 Å². The van der Waals surface area contributed by atoms with Crippen molar-refractivity contribution in [3.05, 3.63) is 36.2 Å². The number of nitrogens with zero attached hydrogens (tertiary/aromatic N) is 2. The number of aliphatic carboxylic acids is 2. The fourth-order valence-electron chi connectivity index (χ4n) is 3.12. The van der Waals surface area contributed by atoms with Crippen molar-refractivity contribution in [3.63, 3.8) is 0 Å². The summed E-state index contributed by atoms with van der Waals surface area (Å²) in [6.07, 6.45) is 3.52. The maximum Gasteiger partial charge on any atom is 0.329 e. The number of carbonyl (C=O) groups excluding carboxylic acids is 1. The van der Waals surface area contributed by atoms with E-state index in [0.29, 0.717) is 11.0 Å². The first kappa shape index (κ1) is 16.8. The van der Waals surface area contributed by atoms with Gasteiger partial charge < -0.3 is 15.5 Å². The van der Waals surface area contributed by atoms with Crippen LogP contribution in [0.4, 0.5) is 0 Å². The van der Waals surface area contributed by atoms with Gasteiger partial charge in [0.1, 0.15) is 5.54 Å². The molecule has 8 nitrogen and oxygen atoms in total. The van der Waals surface area contributed by atoms with Crippen LogP contribution in [0.1, 0.15) is 36.0 Å². The van der Waals surface area contributed by atoms with Crippen LogP contribution in [0.25, 0.3) is 11.0 Å². The summed E-state index contributed by atoms with van der Waals surface area (Å²) in [6, 6.07) is 5.04. The molecule has 130 valence electrons. The molecular formula is C17H17N3O5. The second kappa shape index (κ2) is 6.46. The third-order valence-corrected chi connectivity index (χ3v) is 4.66. The van der Waals surface area contributed by atoms with Crippen molar-refractivity contribution in [3.8, 4) is 0 Å². The van der Waals surface area contributed by atoms with Crippen LogP contribution in [0.5, 0.6) is 0 Å². The van der Waals surface area contributed by atoms with Crippen molar-refractivity contribution in [1.82, 2.24) is 15.3 Å². The molecule has 3 N–H and O–H groups in total. The van der Waals surface area contributed by atoms with Gasteiger partial charge in [-0.15, -0.1) is 0 Å². The van der Waals surface area contributed by atoms with Gasteiger partial charge in [0, 0.05) is 12.4 Å². The number of amides is 1. The van der Waals surface area contributed by atoms with Crippen molar-refractivity contribution < 1.29 is 24.6 Å². The second-order valence-electron chi connectivity index (χ2n) is 6.22. The van der Waals surface area contributed by atoms with Gasteiger partial charge in [-0.25, -0.2) is 4.79 Å². The number of hydrogen-bond acceptors (Lipinski definition) is 5. The number of carboxylic acids is 2. The van der Waals surface area contributed by atoms with E-state index >= 15 is 0 Å². The van der Waals surface area contributed by atoms with Crippen molar-refractivity contribution in [1.29, 1.82) is 0 Å². The van der Waals surface area contributed by atoms with Crippen LogP contribution < -0.4 is 5.32 Å². The van der Waals surface area contributed by atoms with Crippen molar-refractivity contribution in [2.45, 2.75) is 31.2 Å². The summed E-state index contributed by atoms with van der Waals surface area (Å²) in [4.78, 5) is 43.6. The average Bonchev–Trinajstić information content (AvgIpc) is 2.61. The van der Waals surface area contributed by atoms with Crippen molar-refractivity contribution >= 4 is 28.9 Å². The van der Waals surface area contributed by atoms with Crippen molar-refractivity contribution in [2.24, 2.45) is 5.92 Å². The number of nitrogens with one attached hydrogen (secondary N) is 1. The molecule has 1 aliphatic rings. The van der Waals surface area contributed by atoms with E-state index in [0.717, 1.165) is 0 Å². The molecule has 0 bridgehead atoms. The average molecular weight is 343 g/mol. The highest BCUT2D eigenvalue weighted by Gasteiger charge is 2.44. The van der Waals surface area contributed by atoms with Crippen LogP contribution in [-0.4, -0.2) is 43.6 Å². The number of carbonyl (C=O) groups is 3. The van der Waals surface area contributed by atoms with Crippen LogP contribution in [0, 0.1) is 5.92 Å². The molecule has 0 radical (unpaired) electrons. The number of pyridine rings is 2. The second-order valence-corrected chi connectivity index (χ2v) is 6.22. The lowest BCUT2D eigenvalue weighted by Crippen LogP contribution is -2.56. The molecule has 1 amide bonds. The van der Waals surface area contributed by atoms with Crippen LogP contribution in [0.15, 0.2) is 30.6 Å². The molecule has 0 aliphatic heterocycles. The monoisotopic (exact) mass is 343 g/mol. The molecule has 1 saturated carbocycles. The standard InChI is InChI=1S/C17H17N3O5/c21-14(11-8-13-12(19-9-11)2-1-7-18-13)20-17(16(24)25)5-3-10(4-6-17)15(22)23/h1-2,7-10H,3-6H2,(H,20,21)(H,22,23)(H,24,25). The van der Waals surface area contributed by atoms with E-state index in [1.54, 1.807) is 24.4 Å². The zero-order valence-corrected chi connectivity index (χ0v) is 13.3. The maximum atomic E-state index is 12.5. The summed E-state index contributed by atoms with van der Waals surface area (Å²) in [6.45, 7) is 0. The highest BCUT2D eigenvalue weighted by Crippen LogP contribution is 2.33. The SMILES string of the molecule is O=C(NC1(C(=O)O)CCC(C(=O)O)CC1)c1cnc2cccnc2c1. The van der Waals surface area contributed by atoms with E-state index in [4.69, 9.17) is 5.11 Å². The summed E-state index contributed by atoms with van der Waals surface area (Å²) in [5, 5.41) is 21.2. The van der Waals surface area contributed by atoms with E-state index in [9.17, 15) is 19.5 Å². The lowest BCUT2D eigenvalue weighted by molar-refractivity contribution is -0.150. The lowest BCUT2D eigenvalue weighted by atomic mass is 9.76. The number of rotatable bonds is 4. The smallest absolute Gasteiger partial charge is 0.329 e. The zero-order valence-electron chi connectivity index (χ0n) is 13.3.